The number of hydrogen-bond donors (Lipinski definition) is 2. The fraction of sp³-hybridized carbons (Fsp3) is 0.235. The summed E-state index contributed by atoms with van der Waals surface area (Å²) in [5.74, 6) is 0.0926. The number of carbonyl (C=O) groups is 1. The normalized spacial score (nSPS) is 11.5. The van der Waals surface area contributed by atoms with Crippen LogP contribution >= 0.6 is 0 Å². The fourth-order valence-corrected chi connectivity index (χ4v) is 2.07. The SMILES string of the molecule is CC(C)(O)c1cc(C(=O)NCc2cc(-c3ccccc3)no2)on1. The summed E-state index contributed by atoms with van der Waals surface area (Å²) in [7, 11) is 0. The van der Waals surface area contributed by atoms with E-state index in [0.717, 1.165) is 5.56 Å². The highest BCUT2D eigenvalue weighted by Crippen LogP contribution is 2.20. The van der Waals surface area contributed by atoms with Crippen molar-refractivity contribution in [1.82, 2.24) is 15.6 Å². The molecule has 0 spiro atoms. The molecular formula is C17H17N3O4. The summed E-state index contributed by atoms with van der Waals surface area (Å²) in [6.07, 6.45) is 0. The van der Waals surface area contributed by atoms with Crippen LogP contribution in [0, 0.1) is 0 Å². The first-order valence-corrected chi connectivity index (χ1v) is 7.42. The molecule has 2 heterocycles. The first kappa shape index (κ1) is 15.9. The minimum absolute atomic E-state index is 0.0231. The van der Waals surface area contributed by atoms with Crippen LogP contribution < -0.4 is 5.32 Å². The third-order valence-electron chi connectivity index (χ3n) is 3.41. The molecule has 0 unspecified atom stereocenters. The van der Waals surface area contributed by atoms with Gasteiger partial charge in [-0.15, -0.1) is 0 Å². The topological polar surface area (TPSA) is 101 Å². The van der Waals surface area contributed by atoms with E-state index in [-0.39, 0.29) is 12.3 Å². The summed E-state index contributed by atoms with van der Waals surface area (Å²) in [5, 5.41) is 20.1. The van der Waals surface area contributed by atoms with E-state index in [1.165, 1.54) is 6.07 Å². The Hall–Kier alpha value is -2.93. The molecule has 2 aromatic heterocycles. The number of aromatic nitrogens is 2. The van der Waals surface area contributed by atoms with Crippen LogP contribution in [-0.4, -0.2) is 21.3 Å². The molecule has 7 heteroatoms. The smallest absolute Gasteiger partial charge is 0.290 e. The van der Waals surface area contributed by atoms with Crippen LogP contribution in [0.5, 0.6) is 0 Å². The number of hydrogen-bond acceptors (Lipinski definition) is 6. The molecule has 24 heavy (non-hydrogen) atoms. The van der Waals surface area contributed by atoms with Crippen molar-refractivity contribution >= 4 is 5.91 Å². The van der Waals surface area contributed by atoms with Gasteiger partial charge in [-0.05, 0) is 13.8 Å². The van der Waals surface area contributed by atoms with E-state index < -0.39 is 11.5 Å². The van der Waals surface area contributed by atoms with Crippen LogP contribution in [0.3, 0.4) is 0 Å². The van der Waals surface area contributed by atoms with Gasteiger partial charge in [-0.1, -0.05) is 40.6 Å². The van der Waals surface area contributed by atoms with Crippen LogP contribution in [0.4, 0.5) is 0 Å². The van der Waals surface area contributed by atoms with Crippen LogP contribution in [0.25, 0.3) is 11.3 Å². The zero-order valence-electron chi connectivity index (χ0n) is 13.3. The molecular weight excluding hydrogens is 310 g/mol. The monoisotopic (exact) mass is 327 g/mol. The second kappa shape index (κ2) is 6.29. The maximum Gasteiger partial charge on any atom is 0.290 e. The van der Waals surface area contributed by atoms with E-state index in [2.05, 4.69) is 15.6 Å². The molecule has 0 fully saturated rings. The Morgan fingerprint density at radius 2 is 1.92 bits per heavy atom. The highest BCUT2D eigenvalue weighted by Gasteiger charge is 2.23. The maximum absolute atomic E-state index is 12.0. The minimum atomic E-state index is -1.17. The Kier molecular flexibility index (Phi) is 4.18. The number of nitrogens with one attached hydrogen (secondary N) is 1. The van der Waals surface area contributed by atoms with Crippen molar-refractivity contribution in [2.45, 2.75) is 26.0 Å². The lowest BCUT2D eigenvalue weighted by Gasteiger charge is -2.11. The van der Waals surface area contributed by atoms with Crippen LogP contribution in [0.15, 0.2) is 51.5 Å². The molecule has 0 aliphatic rings. The van der Waals surface area contributed by atoms with Gasteiger partial charge in [0.2, 0.25) is 5.76 Å². The van der Waals surface area contributed by atoms with Gasteiger partial charge < -0.3 is 19.5 Å². The Labute approximate surface area is 138 Å². The number of amides is 1. The van der Waals surface area contributed by atoms with Gasteiger partial charge in [0.25, 0.3) is 5.91 Å². The molecule has 3 rings (SSSR count). The van der Waals surface area contributed by atoms with Gasteiger partial charge in [-0.2, -0.15) is 0 Å². The first-order valence-electron chi connectivity index (χ1n) is 7.42. The van der Waals surface area contributed by atoms with Crippen molar-refractivity contribution in [2.75, 3.05) is 0 Å². The molecule has 0 aliphatic carbocycles. The molecule has 0 atom stereocenters. The van der Waals surface area contributed by atoms with Crippen molar-refractivity contribution in [2.24, 2.45) is 0 Å². The average Bonchev–Trinajstić information content (AvgIpc) is 3.22. The third-order valence-corrected chi connectivity index (χ3v) is 3.41. The zero-order valence-corrected chi connectivity index (χ0v) is 13.3. The summed E-state index contributed by atoms with van der Waals surface area (Å²) in [6, 6.07) is 12.8. The highest BCUT2D eigenvalue weighted by molar-refractivity contribution is 5.91. The van der Waals surface area contributed by atoms with Crippen molar-refractivity contribution < 1.29 is 18.9 Å². The van der Waals surface area contributed by atoms with Crippen LogP contribution in [0.1, 0.15) is 35.9 Å². The molecule has 124 valence electrons. The third kappa shape index (κ3) is 3.52. The Morgan fingerprint density at radius 3 is 2.58 bits per heavy atom. The quantitative estimate of drug-likeness (QED) is 0.746. The molecule has 0 aliphatic heterocycles. The van der Waals surface area contributed by atoms with E-state index >= 15 is 0 Å². The number of carbonyl (C=O) groups excluding carboxylic acids is 1. The van der Waals surface area contributed by atoms with Crippen molar-refractivity contribution in [3.05, 3.63) is 59.7 Å². The standard InChI is InChI=1S/C17H17N3O4/c1-17(2,22)15-9-14(24-20-15)16(21)18-10-12-8-13(19-23-12)11-6-4-3-5-7-11/h3-9,22H,10H2,1-2H3,(H,18,21). The zero-order chi connectivity index (χ0) is 17.2. The summed E-state index contributed by atoms with van der Waals surface area (Å²) in [5.41, 5.74) is 0.753. The predicted octanol–water partition coefficient (Wildman–Crippen LogP) is 2.49. The van der Waals surface area contributed by atoms with Crippen LogP contribution in [-0.2, 0) is 12.1 Å². The predicted molar refractivity (Wildman–Crippen MR) is 84.9 cm³/mol. The lowest BCUT2D eigenvalue weighted by Crippen LogP contribution is -2.22. The van der Waals surface area contributed by atoms with Gasteiger partial charge >= 0.3 is 0 Å². The van der Waals surface area contributed by atoms with Crippen molar-refractivity contribution in [1.29, 1.82) is 0 Å². The number of benzene rings is 1. The molecule has 2 N–H and O–H groups in total. The van der Waals surface area contributed by atoms with Crippen molar-refractivity contribution in [3.63, 3.8) is 0 Å². The summed E-state index contributed by atoms with van der Waals surface area (Å²) >= 11 is 0. The van der Waals surface area contributed by atoms with Gasteiger partial charge in [0.05, 0.1) is 6.54 Å². The van der Waals surface area contributed by atoms with Crippen LogP contribution in [0.2, 0.25) is 0 Å². The highest BCUT2D eigenvalue weighted by atomic mass is 16.5. The molecule has 3 aromatic rings. The molecule has 0 radical (unpaired) electrons. The molecule has 0 saturated heterocycles. The molecule has 1 amide bonds. The molecule has 1 aromatic carbocycles. The van der Waals surface area contributed by atoms with E-state index in [4.69, 9.17) is 9.05 Å². The van der Waals surface area contributed by atoms with Gasteiger partial charge in [0.15, 0.2) is 5.76 Å². The summed E-state index contributed by atoms with van der Waals surface area (Å²) < 4.78 is 10.2. The molecule has 7 nitrogen and oxygen atoms in total. The lowest BCUT2D eigenvalue weighted by atomic mass is 10.1. The lowest BCUT2D eigenvalue weighted by molar-refractivity contribution is 0.0696. The van der Waals surface area contributed by atoms with E-state index in [1.54, 1.807) is 19.9 Å². The van der Waals surface area contributed by atoms with E-state index in [9.17, 15) is 9.90 Å². The fourth-order valence-electron chi connectivity index (χ4n) is 2.07. The average molecular weight is 327 g/mol. The Bertz CT molecular complexity index is 831. The van der Waals surface area contributed by atoms with E-state index in [0.29, 0.717) is 17.1 Å². The molecule has 0 bridgehead atoms. The summed E-state index contributed by atoms with van der Waals surface area (Å²) in [6.45, 7) is 3.29. The van der Waals surface area contributed by atoms with Crippen molar-refractivity contribution in [3.8, 4) is 11.3 Å². The maximum atomic E-state index is 12.0. The summed E-state index contributed by atoms with van der Waals surface area (Å²) in [4.78, 5) is 12.0. The molecule has 0 saturated carbocycles. The Balaban J connectivity index is 1.63. The van der Waals surface area contributed by atoms with Gasteiger partial charge in [-0.25, -0.2) is 0 Å². The second-order valence-electron chi connectivity index (χ2n) is 5.86. The minimum Gasteiger partial charge on any atom is -0.384 e. The first-order chi connectivity index (χ1) is 11.4. The number of nitrogens with zero attached hydrogens (tertiary/aromatic N) is 2. The van der Waals surface area contributed by atoms with Gasteiger partial charge in [0, 0.05) is 17.7 Å². The van der Waals surface area contributed by atoms with E-state index in [1.807, 2.05) is 30.3 Å². The van der Waals surface area contributed by atoms with Gasteiger partial charge in [-0.3, -0.25) is 4.79 Å². The number of rotatable bonds is 5. The number of aliphatic hydroxyl groups is 1. The Morgan fingerprint density at radius 1 is 1.17 bits per heavy atom. The van der Waals surface area contributed by atoms with Gasteiger partial charge in [0.1, 0.15) is 17.0 Å². The second-order valence-corrected chi connectivity index (χ2v) is 5.86. The largest absolute Gasteiger partial charge is 0.384 e.